The molecule has 1 aliphatic carbocycles. The van der Waals surface area contributed by atoms with Gasteiger partial charge >= 0.3 is 0 Å². The van der Waals surface area contributed by atoms with E-state index in [9.17, 15) is 14.0 Å². The molecule has 2 amide bonds. The average Bonchev–Trinajstić information content (AvgIpc) is 3.22. The van der Waals surface area contributed by atoms with Crippen LogP contribution >= 0.6 is 0 Å². The first-order valence-electron chi connectivity index (χ1n) is 9.37. The third-order valence-electron chi connectivity index (χ3n) is 5.39. The molecule has 0 spiro atoms. The molecule has 3 rings (SSSR count). The third-order valence-corrected chi connectivity index (χ3v) is 5.39. The van der Waals surface area contributed by atoms with Crippen molar-refractivity contribution >= 4 is 11.8 Å². The lowest BCUT2D eigenvalue weighted by molar-refractivity contribution is -0.122. The van der Waals surface area contributed by atoms with E-state index in [1.54, 1.807) is 13.0 Å². The molecule has 6 heteroatoms. The molecule has 0 aliphatic heterocycles. The van der Waals surface area contributed by atoms with Crippen LogP contribution in [0, 0.1) is 5.82 Å². The second-order valence-electron chi connectivity index (χ2n) is 7.27. The van der Waals surface area contributed by atoms with E-state index in [0.717, 1.165) is 31.2 Å². The molecule has 0 saturated heterocycles. The number of benzene rings is 1. The molecule has 2 N–H and O–H groups in total. The molecule has 0 bridgehead atoms. The molecule has 5 nitrogen and oxygen atoms in total. The van der Waals surface area contributed by atoms with Crippen LogP contribution in [0.2, 0.25) is 0 Å². The minimum Gasteiger partial charge on any atom is -0.472 e. The number of hydrogen-bond donors (Lipinski definition) is 2. The van der Waals surface area contributed by atoms with Gasteiger partial charge < -0.3 is 15.1 Å². The lowest BCUT2D eigenvalue weighted by Crippen LogP contribution is -2.49. The Morgan fingerprint density at radius 2 is 1.85 bits per heavy atom. The molecule has 1 fully saturated rings. The molecule has 1 heterocycles. The highest BCUT2D eigenvalue weighted by molar-refractivity contribution is 5.97. The topological polar surface area (TPSA) is 71.3 Å². The van der Waals surface area contributed by atoms with Crippen molar-refractivity contribution < 1.29 is 18.4 Å². The van der Waals surface area contributed by atoms with Gasteiger partial charge in [-0.15, -0.1) is 0 Å². The Balaban J connectivity index is 1.63. The van der Waals surface area contributed by atoms with Crippen LogP contribution in [-0.4, -0.2) is 24.4 Å². The predicted octanol–water partition coefficient (Wildman–Crippen LogP) is 3.56. The number of carbonyl (C=O) groups is 2. The number of rotatable bonds is 6. The van der Waals surface area contributed by atoms with Gasteiger partial charge in [-0.1, -0.05) is 31.4 Å². The summed E-state index contributed by atoms with van der Waals surface area (Å²) in [6.45, 7) is 2.13. The Morgan fingerprint density at radius 1 is 1.15 bits per heavy atom. The van der Waals surface area contributed by atoms with Crippen LogP contribution in [0.25, 0.3) is 0 Å². The molecular formula is C21H25FN2O3. The van der Waals surface area contributed by atoms with Gasteiger partial charge in [-0.25, -0.2) is 4.39 Å². The van der Waals surface area contributed by atoms with Crippen LogP contribution in [0.1, 0.15) is 54.9 Å². The van der Waals surface area contributed by atoms with Crippen molar-refractivity contribution in [3.05, 3.63) is 59.8 Å². The third kappa shape index (κ3) is 4.56. The maximum Gasteiger partial charge on any atom is 0.255 e. The van der Waals surface area contributed by atoms with E-state index in [1.165, 1.54) is 31.1 Å². The van der Waals surface area contributed by atoms with Gasteiger partial charge in [0.15, 0.2) is 0 Å². The first kappa shape index (κ1) is 19.1. The number of furan rings is 1. The SMILES string of the molecule is CC(NC(=O)c1ccoc1)C(=O)NCC1(c2ccc(F)cc2)CCCCC1. The summed E-state index contributed by atoms with van der Waals surface area (Å²) in [5.74, 6) is -0.847. The van der Waals surface area contributed by atoms with Crippen LogP contribution in [0.15, 0.2) is 47.3 Å². The lowest BCUT2D eigenvalue weighted by Gasteiger charge is -2.38. The van der Waals surface area contributed by atoms with Crippen molar-refractivity contribution in [2.75, 3.05) is 6.54 Å². The average molecular weight is 372 g/mol. The molecule has 1 unspecified atom stereocenters. The summed E-state index contributed by atoms with van der Waals surface area (Å²) in [6.07, 6.45) is 8.00. The highest BCUT2D eigenvalue weighted by Gasteiger charge is 2.34. The largest absolute Gasteiger partial charge is 0.472 e. The number of nitrogens with one attached hydrogen (secondary N) is 2. The highest BCUT2D eigenvalue weighted by Crippen LogP contribution is 2.39. The van der Waals surface area contributed by atoms with Crippen LogP contribution in [-0.2, 0) is 10.2 Å². The minimum atomic E-state index is -0.666. The Bertz CT molecular complexity index is 765. The summed E-state index contributed by atoms with van der Waals surface area (Å²) >= 11 is 0. The lowest BCUT2D eigenvalue weighted by atomic mass is 9.69. The van der Waals surface area contributed by atoms with Gasteiger partial charge in [0.1, 0.15) is 18.1 Å². The first-order valence-corrected chi connectivity index (χ1v) is 9.37. The quantitative estimate of drug-likeness (QED) is 0.814. The van der Waals surface area contributed by atoms with Gasteiger partial charge in [0, 0.05) is 12.0 Å². The molecule has 1 aromatic heterocycles. The number of hydrogen-bond acceptors (Lipinski definition) is 3. The molecule has 1 atom stereocenters. The van der Waals surface area contributed by atoms with Crippen molar-refractivity contribution in [1.82, 2.24) is 10.6 Å². The van der Waals surface area contributed by atoms with Crippen LogP contribution in [0.5, 0.6) is 0 Å². The second-order valence-corrected chi connectivity index (χ2v) is 7.27. The molecule has 27 heavy (non-hydrogen) atoms. The predicted molar refractivity (Wildman–Crippen MR) is 99.8 cm³/mol. The highest BCUT2D eigenvalue weighted by atomic mass is 19.1. The fourth-order valence-electron chi connectivity index (χ4n) is 3.75. The summed E-state index contributed by atoms with van der Waals surface area (Å²) in [5.41, 5.74) is 1.25. The summed E-state index contributed by atoms with van der Waals surface area (Å²) in [7, 11) is 0. The Labute approximate surface area is 158 Å². The summed E-state index contributed by atoms with van der Waals surface area (Å²) in [5, 5.41) is 5.65. The molecule has 2 aromatic rings. The number of amides is 2. The van der Waals surface area contributed by atoms with Gasteiger partial charge in [0.2, 0.25) is 5.91 Å². The van der Waals surface area contributed by atoms with Crippen molar-refractivity contribution in [2.45, 2.75) is 50.5 Å². The van der Waals surface area contributed by atoms with E-state index in [4.69, 9.17) is 4.42 Å². The second kappa shape index (κ2) is 8.37. The molecule has 0 radical (unpaired) electrons. The van der Waals surface area contributed by atoms with Crippen LogP contribution in [0.4, 0.5) is 4.39 Å². The van der Waals surface area contributed by atoms with E-state index in [2.05, 4.69) is 10.6 Å². The molecular weight excluding hydrogens is 347 g/mol. The van der Waals surface area contributed by atoms with Crippen molar-refractivity contribution in [1.29, 1.82) is 0 Å². The standard InChI is InChI=1S/C21H25FN2O3/c1-15(24-20(26)16-9-12-27-13-16)19(25)23-14-21(10-3-2-4-11-21)17-5-7-18(22)8-6-17/h5-9,12-13,15H,2-4,10-11,14H2,1H3,(H,23,25)(H,24,26). The fraction of sp³-hybridized carbons (Fsp3) is 0.429. The van der Waals surface area contributed by atoms with Crippen molar-refractivity contribution in [3.8, 4) is 0 Å². The fourth-order valence-corrected chi connectivity index (χ4v) is 3.75. The van der Waals surface area contributed by atoms with E-state index >= 15 is 0 Å². The zero-order valence-electron chi connectivity index (χ0n) is 15.5. The van der Waals surface area contributed by atoms with Gasteiger partial charge in [-0.2, -0.15) is 0 Å². The van der Waals surface area contributed by atoms with E-state index in [0.29, 0.717) is 12.1 Å². The zero-order chi connectivity index (χ0) is 19.3. The maximum atomic E-state index is 13.3. The summed E-state index contributed by atoms with van der Waals surface area (Å²) in [6, 6.07) is 7.46. The Kier molecular flexibility index (Phi) is 5.94. The van der Waals surface area contributed by atoms with Crippen LogP contribution < -0.4 is 10.6 Å². The van der Waals surface area contributed by atoms with E-state index in [-0.39, 0.29) is 23.0 Å². The van der Waals surface area contributed by atoms with Gasteiger partial charge in [-0.05, 0) is 43.5 Å². The normalized spacial score (nSPS) is 17.1. The smallest absolute Gasteiger partial charge is 0.255 e. The van der Waals surface area contributed by atoms with Crippen molar-refractivity contribution in [3.63, 3.8) is 0 Å². The molecule has 1 aliphatic rings. The number of carbonyl (C=O) groups excluding carboxylic acids is 2. The first-order chi connectivity index (χ1) is 13.0. The summed E-state index contributed by atoms with van der Waals surface area (Å²) in [4.78, 5) is 24.6. The van der Waals surface area contributed by atoms with Crippen molar-refractivity contribution in [2.24, 2.45) is 0 Å². The zero-order valence-corrected chi connectivity index (χ0v) is 15.5. The Hall–Kier alpha value is -2.63. The summed E-state index contributed by atoms with van der Waals surface area (Å²) < 4.78 is 18.2. The number of halogens is 1. The van der Waals surface area contributed by atoms with E-state index < -0.39 is 6.04 Å². The molecule has 1 aromatic carbocycles. The van der Waals surface area contributed by atoms with Gasteiger partial charge in [-0.3, -0.25) is 9.59 Å². The van der Waals surface area contributed by atoms with Gasteiger partial charge in [0.25, 0.3) is 5.91 Å². The van der Waals surface area contributed by atoms with Gasteiger partial charge in [0.05, 0.1) is 11.8 Å². The Morgan fingerprint density at radius 3 is 2.48 bits per heavy atom. The van der Waals surface area contributed by atoms with E-state index in [1.807, 2.05) is 12.1 Å². The molecule has 144 valence electrons. The van der Waals surface area contributed by atoms with Crippen LogP contribution in [0.3, 0.4) is 0 Å². The monoisotopic (exact) mass is 372 g/mol. The molecule has 1 saturated carbocycles. The maximum absolute atomic E-state index is 13.3. The minimum absolute atomic E-state index is 0.185.